The van der Waals surface area contributed by atoms with Gasteiger partial charge >= 0.3 is 0 Å². The standard InChI is InChI=1S/C25H18BrN3O3/c1-28-22-11-10-15(26)12-19(22)20(24(28)30)14-23-27-21-9-4-3-8-18(21)25(31)29(23)16-6-5-7-17(13-16)32-2/h3-14H,1-2H3. The predicted molar refractivity (Wildman–Crippen MR) is 129 cm³/mol. The third-order valence-corrected chi connectivity index (χ3v) is 6.03. The van der Waals surface area contributed by atoms with E-state index in [1.54, 1.807) is 43.3 Å². The summed E-state index contributed by atoms with van der Waals surface area (Å²) in [6.07, 6.45) is 1.68. The number of amides is 1. The SMILES string of the molecule is COc1cccc(-n2c(C=C3C(=O)N(C)c4ccc(Br)cc43)nc3ccccc3c2=O)c1. The highest BCUT2D eigenvalue weighted by molar-refractivity contribution is 9.10. The number of halogens is 1. The van der Waals surface area contributed by atoms with Gasteiger partial charge in [0.25, 0.3) is 11.5 Å². The molecular weight excluding hydrogens is 470 g/mol. The lowest BCUT2D eigenvalue weighted by Crippen LogP contribution is -2.23. The number of ether oxygens (including phenoxy) is 1. The summed E-state index contributed by atoms with van der Waals surface area (Å²) in [7, 11) is 3.31. The topological polar surface area (TPSA) is 64.4 Å². The molecule has 1 aliphatic rings. The Kier molecular flexibility index (Phi) is 4.90. The number of likely N-dealkylation sites (N-methyl/N-ethyl adjacent to an activating group) is 1. The van der Waals surface area contributed by atoms with Crippen LogP contribution in [-0.2, 0) is 4.79 Å². The molecule has 4 aromatic rings. The van der Waals surface area contributed by atoms with E-state index in [1.807, 2.05) is 48.5 Å². The zero-order valence-corrected chi connectivity index (χ0v) is 19.0. The Bertz CT molecular complexity index is 1490. The number of aromatic nitrogens is 2. The summed E-state index contributed by atoms with van der Waals surface area (Å²) in [6.45, 7) is 0. The van der Waals surface area contributed by atoms with Crippen molar-refractivity contribution in [2.24, 2.45) is 0 Å². The van der Waals surface area contributed by atoms with Gasteiger partial charge < -0.3 is 9.64 Å². The Morgan fingerprint density at radius 3 is 2.62 bits per heavy atom. The third-order valence-electron chi connectivity index (χ3n) is 5.53. The molecule has 1 amide bonds. The minimum atomic E-state index is -0.219. The van der Waals surface area contributed by atoms with Gasteiger partial charge in [0.1, 0.15) is 11.6 Å². The molecule has 0 N–H and O–H groups in total. The van der Waals surface area contributed by atoms with Gasteiger partial charge in [-0.15, -0.1) is 0 Å². The summed E-state index contributed by atoms with van der Waals surface area (Å²) in [4.78, 5) is 32.9. The average molecular weight is 488 g/mol. The minimum Gasteiger partial charge on any atom is -0.497 e. The van der Waals surface area contributed by atoms with Crippen molar-refractivity contribution in [3.8, 4) is 11.4 Å². The number of nitrogens with zero attached hydrogens (tertiary/aromatic N) is 3. The van der Waals surface area contributed by atoms with Crippen molar-refractivity contribution in [1.29, 1.82) is 0 Å². The molecule has 0 spiro atoms. The van der Waals surface area contributed by atoms with Crippen LogP contribution in [-0.4, -0.2) is 29.6 Å². The number of methoxy groups -OCH3 is 1. The van der Waals surface area contributed by atoms with Crippen molar-refractivity contribution in [2.75, 3.05) is 19.1 Å². The monoisotopic (exact) mass is 487 g/mol. The fraction of sp³-hybridized carbons (Fsp3) is 0.0800. The van der Waals surface area contributed by atoms with E-state index < -0.39 is 0 Å². The van der Waals surface area contributed by atoms with Crippen molar-refractivity contribution in [1.82, 2.24) is 9.55 Å². The van der Waals surface area contributed by atoms with Crippen LogP contribution in [0.5, 0.6) is 5.75 Å². The number of hydrogen-bond acceptors (Lipinski definition) is 4. The van der Waals surface area contributed by atoms with Crippen LogP contribution in [0.15, 0.2) is 76.0 Å². The second-order valence-corrected chi connectivity index (χ2v) is 8.33. The van der Waals surface area contributed by atoms with Crippen molar-refractivity contribution < 1.29 is 9.53 Å². The second-order valence-electron chi connectivity index (χ2n) is 7.41. The molecule has 0 radical (unpaired) electrons. The first-order chi connectivity index (χ1) is 15.5. The largest absolute Gasteiger partial charge is 0.497 e. The van der Waals surface area contributed by atoms with Crippen LogP contribution >= 0.6 is 15.9 Å². The number of fused-ring (bicyclic) bond motifs is 2. The van der Waals surface area contributed by atoms with Gasteiger partial charge in [-0.3, -0.25) is 14.2 Å². The first-order valence-corrected chi connectivity index (χ1v) is 10.7. The first-order valence-electron chi connectivity index (χ1n) is 9.94. The van der Waals surface area contributed by atoms with Crippen molar-refractivity contribution >= 4 is 50.1 Å². The maximum Gasteiger partial charge on any atom is 0.266 e. The summed E-state index contributed by atoms with van der Waals surface area (Å²) >= 11 is 3.49. The Hall–Kier alpha value is -3.71. The number of carbonyl (C=O) groups excluding carboxylic acids is 1. The molecule has 6 nitrogen and oxygen atoms in total. The normalized spacial score (nSPS) is 14.3. The van der Waals surface area contributed by atoms with Gasteiger partial charge in [-0.1, -0.05) is 34.1 Å². The minimum absolute atomic E-state index is 0.155. The lowest BCUT2D eigenvalue weighted by molar-refractivity contribution is -0.112. The molecule has 0 atom stereocenters. The zero-order chi connectivity index (χ0) is 22.4. The van der Waals surface area contributed by atoms with Gasteiger partial charge in [-0.2, -0.15) is 0 Å². The highest BCUT2D eigenvalue weighted by Gasteiger charge is 2.30. The molecule has 32 heavy (non-hydrogen) atoms. The van der Waals surface area contributed by atoms with E-state index in [-0.39, 0.29) is 11.5 Å². The van der Waals surface area contributed by atoms with Gasteiger partial charge in [0.2, 0.25) is 0 Å². The predicted octanol–water partition coefficient (Wildman–Crippen LogP) is 4.67. The molecule has 158 valence electrons. The van der Waals surface area contributed by atoms with Crippen LogP contribution in [0.1, 0.15) is 11.4 Å². The molecule has 1 aromatic heterocycles. The average Bonchev–Trinajstić information content (AvgIpc) is 3.03. The summed E-state index contributed by atoms with van der Waals surface area (Å²) in [6, 6.07) is 20.1. The quantitative estimate of drug-likeness (QED) is 0.393. The Balaban J connectivity index is 1.82. The van der Waals surface area contributed by atoms with Crippen LogP contribution in [0.3, 0.4) is 0 Å². The summed E-state index contributed by atoms with van der Waals surface area (Å²) < 4.78 is 7.73. The first kappa shape index (κ1) is 20.2. The van der Waals surface area contributed by atoms with E-state index >= 15 is 0 Å². The molecule has 0 aliphatic carbocycles. The van der Waals surface area contributed by atoms with Crippen molar-refractivity contribution in [3.63, 3.8) is 0 Å². The molecule has 7 heteroatoms. The van der Waals surface area contributed by atoms with Crippen LogP contribution in [0, 0.1) is 0 Å². The smallest absolute Gasteiger partial charge is 0.266 e. The maximum atomic E-state index is 13.5. The molecule has 5 rings (SSSR count). The van der Waals surface area contributed by atoms with E-state index in [2.05, 4.69) is 15.9 Å². The Morgan fingerprint density at radius 1 is 1.00 bits per heavy atom. The van der Waals surface area contributed by atoms with E-state index in [9.17, 15) is 9.59 Å². The Labute approximate surface area is 192 Å². The number of para-hydroxylation sites is 1. The zero-order valence-electron chi connectivity index (χ0n) is 17.4. The molecular formula is C25H18BrN3O3. The molecule has 0 fully saturated rings. The van der Waals surface area contributed by atoms with Crippen LogP contribution in [0.25, 0.3) is 28.2 Å². The lowest BCUT2D eigenvalue weighted by Gasteiger charge is -2.13. The molecule has 0 saturated carbocycles. The van der Waals surface area contributed by atoms with Crippen LogP contribution in [0.2, 0.25) is 0 Å². The van der Waals surface area contributed by atoms with Gasteiger partial charge in [0.05, 0.1) is 35.0 Å². The fourth-order valence-electron chi connectivity index (χ4n) is 3.94. The molecule has 0 bridgehead atoms. The number of rotatable bonds is 3. The third kappa shape index (κ3) is 3.22. The highest BCUT2D eigenvalue weighted by Crippen LogP contribution is 2.38. The summed E-state index contributed by atoms with van der Waals surface area (Å²) in [5.74, 6) is 0.830. The number of anilines is 1. The Morgan fingerprint density at radius 2 is 1.81 bits per heavy atom. The van der Waals surface area contributed by atoms with Gasteiger partial charge in [-0.25, -0.2) is 4.98 Å². The van der Waals surface area contributed by atoms with Gasteiger partial charge in [-0.05, 0) is 48.5 Å². The molecule has 0 unspecified atom stereocenters. The van der Waals surface area contributed by atoms with E-state index in [0.717, 1.165) is 15.7 Å². The maximum absolute atomic E-state index is 13.5. The van der Waals surface area contributed by atoms with E-state index in [1.165, 1.54) is 4.57 Å². The lowest BCUT2D eigenvalue weighted by atomic mass is 10.1. The molecule has 3 aromatic carbocycles. The number of benzene rings is 3. The number of hydrogen-bond donors (Lipinski definition) is 0. The summed E-state index contributed by atoms with van der Waals surface area (Å²) in [5.41, 5.74) is 3.02. The molecule has 1 aliphatic heterocycles. The van der Waals surface area contributed by atoms with Gasteiger partial charge in [0, 0.05) is 23.2 Å². The summed E-state index contributed by atoms with van der Waals surface area (Å²) in [5, 5.41) is 0.496. The highest BCUT2D eigenvalue weighted by atomic mass is 79.9. The number of carbonyl (C=O) groups is 1. The van der Waals surface area contributed by atoms with Crippen molar-refractivity contribution in [3.05, 3.63) is 92.9 Å². The molecule has 0 saturated heterocycles. The van der Waals surface area contributed by atoms with E-state index in [4.69, 9.17) is 9.72 Å². The molecule has 2 heterocycles. The van der Waals surface area contributed by atoms with Gasteiger partial charge in [0.15, 0.2) is 0 Å². The van der Waals surface area contributed by atoms with Crippen LogP contribution in [0.4, 0.5) is 5.69 Å². The van der Waals surface area contributed by atoms with Crippen molar-refractivity contribution in [2.45, 2.75) is 0 Å². The van der Waals surface area contributed by atoms with Crippen LogP contribution < -0.4 is 15.2 Å². The second kappa shape index (κ2) is 7.76. The fourth-order valence-corrected chi connectivity index (χ4v) is 4.30. The van der Waals surface area contributed by atoms with E-state index in [0.29, 0.717) is 33.7 Å².